The molecule has 1 heteroatoms. The lowest BCUT2D eigenvalue weighted by Crippen LogP contribution is -2.35. The Morgan fingerprint density at radius 2 is 1.93 bits per heavy atom. The predicted octanol–water partition coefficient (Wildman–Crippen LogP) is 3.44. The van der Waals surface area contributed by atoms with Gasteiger partial charge in [-0.05, 0) is 63.3 Å². The van der Waals surface area contributed by atoms with Gasteiger partial charge in [0.05, 0.1) is 0 Å². The van der Waals surface area contributed by atoms with E-state index in [2.05, 4.69) is 45.1 Å². The molecule has 1 heterocycles. The van der Waals surface area contributed by atoms with Crippen LogP contribution in [0.2, 0.25) is 0 Å². The van der Waals surface area contributed by atoms with Gasteiger partial charge in [-0.1, -0.05) is 6.07 Å². The van der Waals surface area contributed by atoms with Gasteiger partial charge in [0.15, 0.2) is 0 Å². The molecule has 0 spiro atoms. The summed E-state index contributed by atoms with van der Waals surface area (Å²) in [5.74, 6) is 0. The fraction of sp³-hybridized carbons (Fsp3) is 0.538. The Morgan fingerprint density at radius 1 is 1.21 bits per heavy atom. The number of rotatable bonds is 0. The highest BCUT2D eigenvalue weighted by Gasteiger charge is 2.24. The molecule has 0 radical (unpaired) electrons. The van der Waals surface area contributed by atoms with E-state index in [0.717, 1.165) is 0 Å². The van der Waals surface area contributed by atoms with Gasteiger partial charge in [0.2, 0.25) is 0 Å². The van der Waals surface area contributed by atoms with Crippen LogP contribution in [0.4, 0.5) is 5.69 Å². The molecule has 0 amide bonds. The molecule has 2 rings (SSSR count). The Bertz CT molecular complexity index is 364. The largest absolute Gasteiger partial charge is 0.380 e. The highest BCUT2D eigenvalue weighted by atomic mass is 15.0. The summed E-state index contributed by atoms with van der Waals surface area (Å²) in [5.41, 5.74) is 5.90. The van der Waals surface area contributed by atoms with Gasteiger partial charge >= 0.3 is 0 Å². The molecule has 0 unspecified atom stereocenters. The molecule has 1 aromatic rings. The van der Waals surface area contributed by atoms with Gasteiger partial charge in [0.1, 0.15) is 0 Å². The van der Waals surface area contributed by atoms with E-state index in [4.69, 9.17) is 0 Å². The molecule has 76 valence electrons. The highest BCUT2D eigenvalue weighted by Crippen LogP contribution is 2.33. The predicted molar refractivity (Wildman–Crippen MR) is 61.9 cm³/mol. The molecule has 0 saturated heterocycles. The lowest BCUT2D eigenvalue weighted by atomic mass is 9.87. The van der Waals surface area contributed by atoms with Crippen LogP contribution in [0.1, 0.15) is 37.0 Å². The first kappa shape index (κ1) is 9.57. The number of aryl methyl sites for hydroxylation is 2. The van der Waals surface area contributed by atoms with E-state index in [0.29, 0.717) is 0 Å². The van der Waals surface area contributed by atoms with Crippen LogP contribution in [0.5, 0.6) is 0 Å². The molecule has 1 aromatic carbocycles. The SMILES string of the molecule is Cc1cc(C)c2c(c1)NC(C)(C)CC2. The molecule has 0 fully saturated rings. The second kappa shape index (κ2) is 3.01. The summed E-state index contributed by atoms with van der Waals surface area (Å²) in [6.07, 6.45) is 2.44. The number of benzene rings is 1. The third-order valence-electron chi connectivity index (χ3n) is 3.09. The standard InChI is InChI=1S/C13H19N/c1-9-7-10(2)11-5-6-13(3,4)14-12(11)8-9/h7-8,14H,5-6H2,1-4H3. The smallest absolute Gasteiger partial charge is 0.0382 e. The van der Waals surface area contributed by atoms with Crippen LogP contribution in [0.3, 0.4) is 0 Å². The average molecular weight is 189 g/mol. The van der Waals surface area contributed by atoms with Gasteiger partial charge in [-0.25, -0.2) is 0 Å². The van der Waals surface area contributed by atoms with Crippen LogP contribution in [-0.2, 0) is 6.42 Å². The lowest BCUT2D eigenvalue weighted by molar-refractivity contribution is 0.501. The summed E-state index contributed by atoms with van der Waals surface area (Å²) in [6.45, 7) is 8.92. The molecule has 0 aliphatic carbocycles. The highest BCUT2D eigenvalue weighted by molar-refractivity contribution is 5.59. The first-order valence-corrected chi connectivity index (χ1v) is 5.36. The van der Waals surface area contributed by atoms with Gasteiger partial charge in [-0.2, -0.15) is 0 Å². The minimum atomic E-state index is 0.257. The van der Waals surface area contributed by atoms with Crippen molar-refractivity contribution < 1.29 is 0 Å². The van der Waals surface area contributed by atoms with Crippen molar-refractivity contribution >= 4 is 5.69 Å². The van der Waals surface area contributed by atoms with E-state index in [1.54, 1.807) is 0 Å². The van der Waals surface area contributed by atoms with Crippen molar-refractivity contribution in [2.45, 2.75) is 46.1 Å². The summed E-state index contributed by atoms with van der Waals surface area (Å²) in [4.78, 5) is 0. The molecule has 1 aliphatic rings. The van der Waals surface area contributed by atoms with Crippen LogP contribution in [0.25, 0.3) is 0 Å². The van der Waals surface area contributed by atoms with Crippen molar-refractivity contribution in [3.05, 3.63) is 28.8 Å². The van der Waals surface area contributed by atoms with Crippen molar-refractivity contribution in [2.24, 2.45) is 0 Å². The molecule has 0 aromatic heterocycles. The van der Waals surface area contributed by atoms with Crippen LogP contribution in [-0.4, -0.2) is 5.54 Å². The Labute approximate surface area is 86.5 Å². The zero-order valence-corrected chi connectivity index (χ0v) is 9.57. The second-order valence-corrected chi connectivity index (χ2v) is 5.12. The molecule has 0 saturated carbocycles. The van der Waals surface area contributed by atoms with Crippen molar-refractivity contribution in [3.63, 3.8) is 0 Å². The maximum atomic E-state index is 3.62. The molecule has 0 atom stereocenters. The van der Waals surface area contributed by atoms with Crippen LogP contribution in [0, 0.1) is 13.8 Å². The molecule has 0 bridgehead atoms. The summed E-state index contributed by atoms with van der Waals surface area (Å²) >= 11 is 0. The van der Waals surface area contributed by atoms with Gasteiger partial charge in [0, 0.05) is 11.2 Å². The van der Waals surface area contributed by atoms with E-state index in [9.17, 15) is 0 Å². The maximum absolute atomic E-state index is 3.62. The van der Waals surface area contributed by atoms with Crippen LogP contribution < -0.4 is 5.32 Å². The van der Waals surface area contributed by atoms with Gasteiger partial charge in [-0.15, -0.1) is 0 Å². The number of hydrogen-bond acceptors (Lipinski definition) is 1. The zero-order chi connectivity index (χ0) is 10.3. The van der Waals surface area contributed by atoms with Crippen LogP contribution in [0.15, 0.2) is 12.1 Å². The topological polar surface area (TPSA) is 12.0 Å². The monoisotopic (exact) mass is 189 g/mol. The number of nitrogens with one attached hydrogen (secondary N) is 1. The summed E-state index contributed by atoms with van der Waals surface area (Å²) in [5, 5.41) is 3.62. The minimum Gasteiger partial charge on any atom is -0.380 e. The molecule has 14 heavy (non-hydrogen) atoms. The fourth-order valence-corrected chi connectivity index (χ4v) is 2.31. The number of fused-ring (bicyclic) bond motifs is 1. The summed E-state index contributed by atoms with van der Waals surface area (Å²) < 4.78 is 0. The second-order valence-electron chi connectivity index (χ2n) is 5.12. The van der Waals surface area contributed by atoms with Gasteiger partial charge in [-0.3, -0.25) is 0 Å². The summed E-state index contributed by atoms with van der Waals surface area (Å²) in [7, 11) is 0. The normalized spacial score (nSPS) is 18.6. The van der Waals surface area contributed by atoms with E-state index in [1.807, 2.05) is 0 Å². The van der Waals surface area contributed by atoms with Crippen molar-refractivity contribution in [1.29, 1.82) is 0 Å². The Kier molecular flexibility index (Phi) is 2.06. The third-order valence-corrected chi connectivity index (χ3v) is 3.09. The van der Waals surface area contributed by atoms with E-state index >= 15 is 0 Å². The van der Waals surface area contributed by atoms with Crippen molar-refractivity contribution in [2.75, 3.05) is 5.32 Å². The van der Waals surface area contributed by atoms with E-state index in [1.165, 1.54) is 35.2 Å². The lowest BCUT2D eigenvalue weighted by Gasteiger charge is -2.34. The van der Waals surface area contributed by atoms with Gasteiger partial charge < -0.3 is 5.32 Å². The van der Waals surface area contributed by atoms with Crippen molar-refractivity contribution in [1.82, 2.24) is 0 Å². The quantitative estimate of drug-likeness (QED) is 0.659. The average Bonchev–Trinajstić information content (AvgIpc) is 2.00. The third kappa shape index (κ3) is 1.63. The van der Waals surface area contributed by atoms with Crippen molar-refractivity contribution in [3.8, 4) is 0 Å². The minimum absolute atomic E-state index is 0.257. The van der Waals surface area contributed by atoms with E-state index < -0.39 is 0 Å². The molecular formula is C13H19N. The first-order chi connectivity index (χ1) is 6.48. The molecule has 1 aliphatic heterocycles. The fourth-order valence-electron chi connectivity index (χ4n) is 2.31. The number of hydrogen-bond donors (Lipinski definition) is 1. The van der Waals surface area contributed by atoms with E-state index in [-0.39, 0.29) is 5.54 Å². The molecule has 1 N–H and O–H groups in total. The first-order valence-electron chi connectivity index (χ1n) is 5.36. The zero-order valence-electron chi connectivity index (χ0n) is 9.57. The molecular weight excluding hydrogens is 170 g/mol. The number of anilines is 1. The van der Waals surface area contributed by atoms with Crippen LogP contribution >= 0.6 is 0 Å². The maximum Gasteiger partial charge on any atom is 0.0382 e. The Morgan fingerprint density at radius 3 is 2.64 bits per heavy atom. The Hall–Kier alpha value is -0.980. The molecule has 1 nitrogen and oxygen atoms in total. The summed E-state index contributed by atoms with van der Waals surface area (Å²) in [6, 6.07) is 4.54. The Balaban J connectivity index is 2.47. The van der Waals surface area contributed by atoms with Gasteiger partial charge in [0.25, 0.3) is 0 Å².